The Hall–Kier alpha value is -1.72. The lowest BCUT2D eigenvalue weighted by atomic mass is 10.1. The minimum atomic E-state index is -0.547. The normalized spacial score (nSPS) is 15.1. The number of aryl methyl sites for hydroxylation is 3. The van der Waals surface area contributed by atoms with E-state index in [-0.39, 0.29) is 0 Å². The number of hydrogen-bond donors (Lipinski definition) is 1. The summed E-state index contributed by atoms with van der Waals surface area (Å²) in [7, 11) is 3.48. The zero-order valence-corrected chi connectivity index (χ0v) is 13.5. The summed E-state index contributed by atoms with van der Waals surface area (Å²) >= 11 is 0. The highest BCUT2D eigenvalue weighted by Crippen LogP contribution is 2.28. The number of rotatable bonds is 5. The highest BCUT2D eigenvalue weighted by Gasteiger charge is 2.16. The van der Waals surface area contributed by atoms with Gasteiger partial charge >= 0.3 is 0 Å². The first-order valence-corrected chi connectivity index (χ1v) is 7.76. The van der Waals surface area contributed by atoms with Gasteiger partial charge in [0.05, 0.1) is 23.9 Å². The van der Waals surface area contributed by atoms with Crippen molar-refractivity contribution >= 4 is 16.9 Å². The first-order valence-electron chi connectivity index (χ1n) is 7.76. The second-order valence-corrected chi connectivity index (χ2v) is 6.09. The topological polar surface area (TPSA) is 58.5 Å². The number of hydrogen-bond acceptors (Lipinski definition) is 5. The Balaban J connectivity index is 1.93. The van der Waals surface area contributed by atoms with E-state index in [9.17, 15) is 5.11 Å². The Morgan fingerprint density at radius 3 is 2.73 bits per heavy atom. The van der Waals surface area contributed by atoms with Gasteiger partial charge in [0.15, 0.2) is 0 Å². The number of benzene rings is 1. The molecule has 5 nitrogen and oxygen atoms in total. The molecule has 118 valence electrons. The molecule has 0 aliphatic heterocycles. The SMILES string of the molecule is COCC(O)CN(C)c1nc(C)c2cc3c(cc2n1)CCC3. The van der Waals surface area contributed by atoms with Crippen molar-refractivity contribution in [3.8, 4) is 0 Å². The fourth-order valence-corrected chi connectivity index (χ4v) is 3.15. The summed E-state index contributed by atoms with van der Waals surface area (Å²) in [6.45, 7) is 2.78. The van der Waals surface area contributed by atoms with Crippen LogP contribution in [-0.2, 0) is 17.6 Å². The predicted molar refractivity (Wildman–Crippen MR) is 87.5 cm³/mol. The largest absolute Gasteiger partial charge is 0.389 e. The molecule has 22 heavy (non-hydrogen) atoms. The molecule has 1 unspecified atom stereocenters. The molecule has 1 N–H and O–H groups in total. The molecular weight excluding hydrogens is 278 g/mol. The molecule has 1 aromatic heterocycles. The molecule has 0 bridgehead atoms. The van der Waals surface area contributed by atoms with Gasteiger partial charge in [-0.25, -0.2) is 9.97 Å². The molecule has 3 rings (SSSR count). The van der Waals surface area contributed by atoms with Gasteiger partial charge in [-0.3, -0.25) is 0 Å². The number of ether oxygens (including phenoxy) is 1. The van der Waals surface area contributed by atoms with E-state index in [0.717, 1.165) is 29.4 Å². The third kappa shape index (κ3) is 2.91. The summed E-state index contributed by atoms with van der Waals surface area (Å²) < 4.78 is 4.97. The number of aromatic nitrogens is 2. The second-order valence-electron chi connectivity index (χ2n) is 6.09. The van der Waals surface area contributed by atoms with Crippen LogP contribution in [0.1, 0.15) is 23.2 Å². The molecule has 0 radical (unpaired) electrons. The van der Waals surface area contributed by atoms with E-state index < -0.39 is 6.10 Å². The van der Waals surface area contributed by atoms with Crippen LogP contribution in [0.2, 0.25) is 0 Å². The molecule has 1 atom stereocenters. The van der Waals surface area contributed by atoms with Crippen molar-refractivity contribution in [2.45, 2.75) is 32.3 Å². The van der Waals surface area contributed by atoms with Gasteiger partial charge in [0.2, 0.25) is 5.95 Å². The van der Waals surface area contributed by atoms with Crippen LogP contribution < -0.4 is 4.90 Å². The first-order chi connectivity index (χ1) is 10.6. The van der Waals surface area contributed by atoms with Gasteiger partial charge in [-0.2, -0.15) is 0 Å². The molecule has 0 saturated heterocycles. The van der Waals surface area contributed by atoms with E-state index in [0.29, 0.717) is 19.1 Å². The van der Waals surface area contributed by atoms with Gasteiger partial charge in [0.1, 0.15) is 0 Å². The fraction of sp³-hybridized carbons (Fsp3) is 0.529. The van der Waals surface area contributed by atoms with Gasteiger partial charge in [-0.05, 0) is 49.4 Å². The Bertz CT molecular complexity index is 687. The van der Waals surface area contributed by atoms with Crippen LogP contribution >= 0.6 is 0 Å². The van der Waals surface area contributed by atoms with E-state index >= 15 is 0 Å². The van der Waals surface area contributed by atoms with Crippen LogP contribution in [0.25, 0.3) is 10.9 Å². The Labute approximate surface area is 130 Å². The molecule has 0 amide bonds. The number of fused-ring (bicyclic) bond motifs is 2. The van der Waals surface area contributed by atoms with E-state index in [1.54, 1.807) is 7.11 Å². The van der Waals surface area contributed by atoms with Gasteiger partial charge in [-0.1, -0.05) is 0 Å². The fourth-order valence-electron chi connectivity index (χ4n) is 3.15. The van der Waals surface area contributed by atoms with Crippen LogP contribution in [0.15, 0.2) is 12.1 Å². The third-order valence-corrected chi connectivity index (χ3v) is 4.27. The minimum absolute atomic E-state index is 0.310. The summed E-state index contributed by atoms with van der Waals surface area (Å²) in [5.41, 5.74) is 4.84. The second kappa shape index (κ2) is 6.18. The van der Waals surface area contributed by atoms with E-state index in [1.165, 1.54) is 17.5 Å². The molecule has 5 heteroatoms. The first kappa shape index (κ1) is 15.2. The van der Waals surface area contributed by atoms with Crippen LogP contribution in [-0.4, -0.2) is 48.5 Å². The Morgan fingerprint density at radius 2 is 2.00 bits per heavy atom. The summed E-state index contributed by atoms with van der Waals surface area (Å²) in [4.78, 5) is 11.2. The quantitative estimate of drug-likeness (QED) is 0.913. The monoisotopic (exact) mass is 301 g/mol. The van der Waals surface area contributed by atoms with E-state index in [1.807, 2.05) is 18.9 Å². The molecular formula is C17H23N3O2. The number of likely N-dealkylation sites (N-methyl/N-ethyl adjacent to an activating group) is 1. The van der Waals surface area contributed by atoms with Gasteiger partial charge in [0.25, 0.3) is 0 Å². The van der Waals surface area contributed by atoms with Gasteiger partial charge < -0.3 is 14.7 Å². The minimum Gasteiger partial charge on any atom is -0.389 e. The number of methoxy groups -OCH3 is 1. The average Bonchev–Trinajstić information content (AvgIpc) is 2.92. The lowest BCUT2D eigenvalue weighted by Crippen LogP contribution is -2.33. The van der Waals surface area contributed by atoms with Crippen molar-refractivity contribution in [3.63, 3.8) is 0 Å². The maximum Gasteiger partial charge on any atom is 0.225 e. The summed E-state index contributed by atoms with van der Waals surface area (Å²) in [5.74, 6) is 0.651. The smallest absolute Gasteiger partial charge is 0.225 e. The zero-order valence-electron chi connectivity index (χ0n) is 13.5. The van der Waals surface area contributed by atoms with Crippen LogP contribution in [0.3, 0.4) is 0 Å². The maximum atomic E-state index is 9.87. The highest BCUT2D eigenvalue weighted by molar-refractivity contribution is 5.83. The molecule has 1 aromatic carbocycles. The number of nitrogens with zero attached hydrogens (tertiary/aromatic N) is 3. The lowest BCUT2D eigenvalue weighted by Gasteiger charge is -2.21. The molecule has 0 fully saturated rings. The van der Waals surface area contributed by atoms with E-state index in [2.05, 4.69) is 22.1 Å². The highest BCUT2D eigenvalue weighted by atomic mass is 16.5. The van der Waals surface area contributed by atoms with Crippen LogP contribution in [0.4, 0.5) is 5.95 Å². The van der Waals surface area contributed by atoms with Gasteiger partial charge in [-0.15, -0.1) is 0 Å². The zero-order chi connectivity index (χ0) is 15.7. The molecule has 0 saturated carbocycles. The van der Waals surface area contributed by atoms with Crippen molar-refractivity contribution in [3.05, 3.63) is 29.0 Å². The average molecular weight is 301 g/mol. The molecule has 1 aliphatic rings. The van der Waals surface area contributed by atoms with Crippen molar-refractivity contribution in [1.29, 1.82) is 0 Å². The predicted octanol–water partition coefficient (Wildman–Crippen LogP) is 1.87. The summed E-state index contributed by atoms with van der Waals surface area (Å²) in [6.07, 6.45) is 2.99. The Morgan fingerprint density at radius 1 is 1.27 bits per heavy atom. The van der Waals surface area contributed by atoms with Gasteiger partial charge in [0, 0.05) is 26.1 Å². The standard InChI is InChI=1S/C17H23N3O2/c1-11-15-7-12-5-4-6-13(12)8-16(15)19-17(18-11)20(2)9-14(21)10-22-3/h7-8,14,21H,4-6,9-10H2,1-3H3. The third-order valence-electron chi connectivity index (χ3n) is 4.27. The van der Waals surface area contributed by atoms with Crippen LogP contribution in [0.5, 0.6) is 0 Å². The number of aliphatic hydroxyl groups excluding tert-OH is 1. The van der Waals surface area contributed by atoms with E-state index in [4.69, 9.17) is 4.74 Å². The lowest BCUT2D eigenvalue weighted by molar-refractivity contribution is 0.0693. The van der Waals surface area contributed by atoms with Crippen LogP contribution in [0, 0.1) is 6.92 Å². The maximum absolute atomic E-state index is 9.87. The molecule has 1 aliphatic carbocycles. The van der Waals surface area contributed by atoms with Crippen molar-refractivity contribution in [2.75, 3.05) is 32.2 Å². The molecule has 2 aromatic rings. The van der Waals surface area contributed by atoms with Crippen molar-refractivity contribution < 1.29 is 9.84 Å². The molecule has 1 heterocycles. The van der Waals surface area contributed by atoms with Crippen molar-refractivity contribution in [2.24, 2.45) is 0 Å². The van der Waals surface area contributed by atoms with Crippen molar-refractivity contribution in [1.82, 2.24) is 9.97 Å². The Kier molecular flexibility index (Phi) is 4.27. The summed E-state index contributed by atoms with van der Waals surface area (Å²) in [6, 6.07) is 4.45. The summed E-state index contributed by atoms with van der Waals surface area (Å²) in [5, 5.41) is 11.0. The number of anilines is 1. The number of aliphatic hydroxyl groups is 1. The molecule has 0 spiro atoms.